The van der Waals surface area contributed by atoms with Crippen LogP contribution in [0.25, 0.3) is 11.1 Å². The van der Waals surface area contributed by atoms with Crippen LogP contribution in [0.2, 0.25) is 0 Å². The number of aromatic nitrogens is 1. The van der Waals surface area contributed by atoms with Crippen molar-refractivity contribution < 1.29 is 0 Å². The first-order valence-corrected chi connectivity index (χ1v) is 5.59. The van der Waals surface area contributed by atoms with Gasteiger partial charge in [0.1, 0.15) is 0 Å². The highest BCUT2D eigenvalue weighted by Gasteiger charge is 2.11. The summed E-state index contributed by atoms with van der Waals surface area (Å²) in [6, 6.07) is 10.8. The SMILES string of the molecule is Cc1ncccc1-c1ccc2c(c1)CNC2. The Bertz CT molecular complexity index is 532. The quantitative estimate of drug-likeness (QED) is 0.782. The van der Waals surface area contributed by atoms with E-state index in [1.807, 2.05) is 12.3 Å². The second-order valence-electron chi connectivity index (χ2n) is 4.22. The highest BCUT2D eigenvalue weighted by atomic mass is 14.9. The van der Waals surface area contributed by atoms with Crippen molar-refractivity contribution in [3.05, 3.63) is 53.3 Å². The van der Waals surface area contributed by atoms with Gasteiger partial charge in [0.25, 0.3) is 0 Å². The molecule has 1 aromatic carbocycles. The van der Waals surface area contributed by atoms with Crippen molar-refractivity contribution in [2.24, 2.45) is 0 Å². The number of hydrogen-bond donors (Lipinski definition) is 1. The molecule has 1 aliphatic rings. The highest BCUT2D eigenvalue weighted by Crippen LogP contribution is 2.26. The molecule has 0 atom stereocenters. The monoisotopic (exact) mass is 210 g/mol. The summed E-state index contributed by atoms with van der Waals surface area (Å²) in [6.07, 6.45) is 1.84. The number of benzene rings is 1. The first kappa shape index (κ1) is 9.55. The molecule has 0 saturated heterocycles. The molecular formula is C14H14N2. The van der Waals surface area contributed by atoms with Crippen LogP contribution >= 0.6 is 0 Å². The average molecular weight is 210 g/mol. The second-order valence-corrected chi connectivity index (χ2v) is 4.22. The van der Waals surface area contributed by atoms with Crippen molar-refractivity contribution >= 4 is 0 Å². The van der Waals surface area contributed by atoms with Crippen LogP contribution in [0.3, 0.4) is 0 Å². The van der Waals surface area contributed by atoms with Gasteiger partial charge in [0.2, 0.25) is 0 Å². The summed E-state index contributed by atoms with van der Waals surface area (Å²) in [6.45, 7) is 4.05. The van der Waals surface area contributed by atoms with E-state index in [-0.39, 0.29) is 0 Å². The number of nitrogens with one attached hydrogen (secondary N) is 1. The van der Waals surface area contributed by atoms with Gasteiger partial charge in [-0.05, 0) is 35.7 Å². The van der Waals surface area contributed by atoms with Gasteiger partial charge in [-0.15, -0.1) is 0 Å². The molecule has 0 amide bonds. The van der Waals surface area contributed by atoms with E-state index in [4.69, 9.17) is 0 Å². The number of aryl methyl sites for hydroxylation is 1. The van der Waals surface area contributed by atoms with Crippen LogP contribution in [-0.2, 0) is 13.1 Å². The lowest BCUT2D eigenvalue weighted by atomic mass is 10.00. The van der Waals surface area contributed by atoms with Gasteiger partial charge < -0.3 is 5.32 Å². The van der Waals surface area contributed by atoms with E-state index in [1.165, 1.54) is 22.3 Å². The van der Waals surface area contributed by atoms with Gasteiger partial charge in [0, 0.05) is 30.5 Å². The maximum Gasteiger partial charge on any atom is 0.0450 e. The Morgan fingerprint density at radius 2 is 2.00 bits per heavy atom. The molecule has 1 N–H and O–H groups in total. The third-order valence-corrected chi connectivity index (χ3v) is 3.16. The molecule has 2 nitrogen and oxygen atoms in total. The Balaban J connectivity index is 2.11. The Labute approximate surface area is 95.3 Å². The van der Waals surface area contributed by atoms with Crippen molar-refractivity contribution in [1.82, 2.24) is 10.3 Å². The Morgan fingerprint density at radius 1 is 1.12 bits per heavy atom. The van der Waals surface area contributed by atoms with Gasteiger partial charge in [-0.1, -0.05) is 18.2 Å². The lowest BCUT2D eigenvalue weighted by Crippen LogP contribution is -1.99. The van der Waals surface area contributed by atoms with Crippen LogP contribution < -0.4 is 5.32 Å². The van der Waals surface area contributed by atoms with Crippen LogP contribution in [-0.4, -0.2) is 4.98 Å². The minimum atomic E-state index is 0.989. The Hall–Kier alpha value is -1.67. The molecular weight excluding hydrogens is 196 g/mol. The van der Waals surface area contributed by atoms with Gasteiger partial charge in [0.05, 0.1) is 0 Å². The summed E-state index contributed by atoms with van der Waals surface area (Å²) in [4.78, 5) is 4.33. The van der Waals surface area contributed by atoms with Crippen molar-refractivity contribution in [1.29, 1.82) is 0 Å². The van der Waals surface area contributed by atoms with Gasteiger partial charge >= 0.3 is 0 Å². The molecule has 2 aromatic rings. The predicted octanol–water partition coefficient (Wildman–Crippen LogP) is 2.66. The third kappa shape index (κ3) is 1.51. The van der Waals surface area contributed by atoms with Gasteiger partial charge in [0.15, 0.2) is 0 Å². The number of nitrogens with zero attached hydrogens (tertiary/aromatic N) is 1. The molecule has 0 spiro atoms. The minimum absolute atomic E-state index is 0.989. The Morgan fingerprint density at radius 3 is 2.88 bits per heavy atom. The van der Waals surface area contributed by atoms with E-state index in [1.54, 1.807) is 0 Å². The number of hydrogen-bond acceptors (Lipinski definition) is 2. The molecule has 2 heterocycles. The number of rotatable bonds is 1. The molecule has 0 unspecified atom stereocenters. The molecule has 0 fully saturated rings. The van der Waals surface area contributed by atoms with Crippen LogP contribution in [0.1, 0.15) is 16.8 Å². The smallest absolute Gasteiger partial charge is 0.0450 e. The standard InChI is InChI=1S/C14H14N2/c1-10-14(3-2-6-16-10)11-4-5-12-8-15-9-13(12)7-11/h2-7,15H,8-9H2,1H3. The molecule has 2 heteroatoms. The van der Waals surface area contributed by atoms with Crippen molar-refractivity contribution in [3.8, 4) is 11.1 Å². The summed E-state index contributed by atoms with van der Waals surface area (Å²) < 4.78 is 0. The molecule has 3 rings (SSSR count). The fourth-order valence-electron chi connectivity index (χ4n) is 2.25. The first-order valence-electron chi connectivity index (χ1n) is 5.59. The van der Waals surface area contributed by atoms with Crippen LogP contribution in [0.4, 0.5) is 0 Å². The summed E-state index contributed by atoms with van der Waals surface area (Å²) in [5.41, 5.74) is 6.43. The first-order chi connectivity index (χ1) is 7.84. The van der Waals surface area contributed by atoms with E-state index in [9.17, 15) is 0 Å². The minimum Gasteiger partial charge on any atom is -0.309 e. The fourth-order valence-corrected chi connectivity index (χ4v) is 2.25. The largest absolute Gasteiger partial charge is 0.309 e. The lowest BCUT2D eigenvalue weighted by molar-refractivity contribution is 0.765. The molecule has 80 valence electrons. The molecule has 16 heavy (non-hydrogen) atoms. The van der Waals surface area contributed by atoms with E-state index in [2.05, 4.69) is 41.5 Å². The van der Waals surface area contributed by atoms with Crippen molar-refractivity contribution in [3.63, 3.8) is 0 Å². The maximum atomic E-state index is 4.33. The lowest BCUT2D eigenvalue weighted by Gasteiger charge is -2.06. The molecule has 0 bridgehead atoms. The van der Waals surface area contributed by atoms with Crippen LogP contribution in [0, 0.1) is 6.92 Å². The van der Waals surface area contributed by atoms with Crippen LogP contribution in [0.15, 0.2) is 36.5 Å². The number of pyridine rings is 1. The van der Waals surface area contributed by atoms with Crippen molar-refractivity contribution in [2.45, 2.75) is 20.0 Å². The fraction of sp³-hybridized carbons (Fsp3) is 0.214. The Kier molecular flexibility index (Phi) is 2.22. The summed E-state index contributed by atoms with van der Waals surface area (Å²) in [5.74, 6) is 0. The molecule has 0 saturated carbocycles. The topological polar surface area (TPSA) is 24.9 Å². The second kappa shape index (κ2) is 3.72. The normalized spacial score (nSPS) is 13.8. The molecule has 1 aromatic heterocycles. The van der Waals surface area contributed by atoms with Gasteiger partial charge in [-0.3, -0.25) is 4.98 Å². The summed E-state index contributed by atoms with van der Waals surface area (Å²) in [5, 5.41) is 3.37. The molecule has 0 radical (unpaired) electrons. The van der Waals surface area contributed by atoms with E-state index in [0.29, 0.717) is 0 Å². The number of fused-ring (bicyclic) bond motifs is 1. The van der Waals surface area contributed by atoms with Crippen LogP contribution in [0.5, 0.6) is 0 Å². The van der Waals surface area contributed by atoms with E-state index < -0.39 is 0 Å². The zero-order valence-corrected chi connectivity index (χ0v) is 9.33. The maximum absolute atomic E-state index is 4.33. The van der Waals surface area contributed by atoms with Crippen molar-refractivity contribution in [2.75, 3.05) is 0 Å². The third-order valence-electron chi connectivity index (χ3n) is 3.16. The predicted molar refractivity (Wildman–Crippen MR) is 65.0 cm³/mol. The summed E-state index contributed by atoms with van der Waals surface area (Å²) in [7, 11) is 0. The average Bonchev–Trinajstić information content (AvgIpc) is 2.76. The highest BCUT2D eigenvalue weighted by molar-refractivity contribution is 5.67. The zero-order valence-electron chi connectivity index (χ0n) is 9.33. The zero-order chi connectivity index (χ0) is 11.0. The van der Waals surface area contributed by atoms with Gasteiger partial charge in [-0.25, -0.2) is 0 Å². The molecule has 1 aliphatic heterocycles. The summed E-state index contributed by atoms with van der Waals surface area (Å²) >= 11 is 0. The van der Waals surface area contributed by atoms with E-state index in [0.717, 1.165) is 18.8 Å². The van der Waals surface area contributed by atoms with E-state index >= 15 is 0 Å². The van der Waals surface area contributed by atoms with Gasteiger partial charge in [-0.2, -0.15) is 0 Å². The molecule has 0 aliphatic carbocycles.